The first kappa shape index (κ1) is 13.3. The van der Waals surface area contributed by atoms with E-state index in [0.717, 1.165) is 36.8 Å². The summed E-state index contributed by atoms with van der Waals surface area (Å²) in [6.07, 6.45) is 2.93. The predicted molar refractivity (Wildman–Crippen MR) is 81.0 cm³/mol. The number of carbonyl (C=O) groups is 1. The van der Waals surface area contributed by atoms with E-state index in [0.29, 0.717) is 11.3 Å². The van der Waals surface area contributed by atoms with E-state index in [1.165, 1.54) is 0 Å². The lowest BCUT2D eigenvalue weighted by molar-refractivity contribution is -0.0197. The van der Waals surface area contributed by atoms with Crippen LogP contribution in [0.3, 0.4) is 0 Å². The summed E-state index contributed by atoms with van der Waals surface area (Å²) >= 11 is 0. The maximum Gasteiger partial charge on any atom is 0.404 e. The summed E-state index contributed by atoms with van der Waals surface area (Å²) in [6, 6.07) is 7.66. The van der Waals surface area contributed by atoms with Crippen LogP contribution in [0.25, 0.3) is 10.8 Å². The average molecular weight is 299 g/mol. The molecule has 6 nitrogen and oxygen atoms in total. The number of benzene rings is 1. The highest BCUT2D eigenvalue weighted by atomic mass is 16.4. The van der Waals surface area contributed by atoms with Gasteiger partial charge < -0.3 is 10.4 Å². The number of nitrogens with zero attached hydrogens (tertiary/aromatic N) is 1. The van der Waals surface area contributed by atoms with Crippen molar-refractivity contribution in [3.63, 3.8) is 0 Å². The first-order valence-electron chi connectivity index (χ1n) is 7.53. The molecule has 1 spiro atoms. The third-order valence-electron chi connectivity index (χ3n) is 5.16. The highest BCUT2D eigenvalue weighted by molar-refractivity contribution is 5.84. The third kappa shape index (κ3) is 1.98. The second kappa shape index (κ2) is 4.56. The fraction of sp³-hybridized carbons (Fsp3) is 0.438. The molecule has 1 heterocycles. The Morgan fingerprint density at radius 3 is 2.59 bits per heavy atom. The van der Waals surface area contributed by atoms with E-state index in [1.807, 2.05) is 24.3 Å². The Morgan fingerprint density at radius 1 is 1.23 bits per heavy atom. The highest BCUT2D eigenvalue weighted by Gasteiger charge is 2.54. The number of aromatic nitrogens is 2. The number of nitrogens with one attached hydrogen (secondary N) is 2. The number of hydrogen-bond acceptors (Lipinski definition) is 3. The van der Waals surface area contributed by atoms with Gasteiger partial charge in [-0.2, -0.15) is 5.10 Å². The molecule has 3 N–H and O–H groups in total. The Balaban J connectivity index is 1.52. The van der Waals surface area contributed by atoms with Crippen molar-refractivity contribution in [3.8, 4) is 0 Å². The van der Waals surface area contributed by atoms with Crippen LogP contribution < -0.4 is 10.9 Å². The number of carboxylic acid groups (broad SMARTS) is 1. The molecular weight excluding hydrogens is 282 g/mol. The Labute approximate surface area is 126 Å². The van der Waals surface area contributed by atoms with E-state index >= 15 is 0 Å². The minimum Gasteiger partial charge on any atom is -0.465 e. The summed E-state index contributed by atoms with van der Waals surface area (Å²) in [5.41, 5.74) is 1.09. The zero-order chi connectivity index (χ0) is 15.3. The third-order valence-corrected chi connectivity index (χ3v) is 5.16. The largest absolute Gasteiger partial charge is 0.465 e. The van der Waals surface area contributed by atoms with Crippen molar-refractivity contribution < 1.29 is 9.90 Å². The summed E-state index contributed by atoms with van der Waals surface area (Å²) in [7, 11) is 0. The van der Waals surface area contributed by atoms with E-state index in [9.17, 15) is 9.59 Å². The van der Waals surface area contributed by atoms with E-state index in [-0.39, 0.29) is 17.0 Å². The van der Waals surface area contributed by atoms with E-state index in [1.54, 1.807) is 0 Å². The molecule has 0 radical (unpaired) electrons. The van der Waals surface area contributed by atoms with Crippen molar-refractivity contribution >= 4 is 16.9 Å². The summed E-state index contributed by atoms with van der Waals surface area (Å²) in [4.78, 5) is 22.4. The highest BCUT2D eigenvalue weighted by Crippen LogP contribution is 2.62. The van der Waals surface area contributed by atoms with E-state index in [4.69, 9.17) is 5.11 Å². The average Bonchev–Trinajstić information content (AvgIpc) is 2.41. The minimum atomic E-state index is -0.941. The van der Waals surface area contributed by atoms with Gasteiger partial charge in [0.2, 0.25) is 0 Å². The van der Waals surface area contributed by atoms with Gasteiger partial charge >= 0.3 is 6.09 Å². The van der Waals surface area contributed by atoms with Gasteiger partial charge in [0.1, 0.15) is 0 Å². The van der Waals surface area contributed by atoms with Crippen molar-refractivity contribution in [2.75, 3.05) is 0 Å². The second-order valence-corrected chi connectivity index (χ2v) is 6.64. The molecule has 0 aliphatic heterocycles. The molecule has 0 unspecified atom stereocenters. The first-order chi connectivity index (χ1) is 10.6. The summed E-state index contributed by atoms with van der Waals surface area (Å²) < 4.78 is 0. The lowest BCUT2D eigenvalue weighted by Gasteiger charge is -2.57. The predicted octanol–water partition coefficient (Wildman–Crippen LogP) is 2.22. The van der Waals surface area contributed by atoms with Gasteiger partial charge in [-0.25, -0.2) is 9.89 Å². The van der Waals surface area contributed by atoms with Gasteiger partial charge in [0.25, 0.3) is 5.56 Å². The molecule has 4 rings (SSSR count). The van der Waals surface area contributed by atoms with Crippen molar-refractivity contribution in [1.82, 2.24) is 15.5 Å². The van der Waals surface area contributed by atoms with Gasteiger partial charge in [0.05, 0.1) is 11.1 Å². The van der Waals surface area contributed by atoms with Crippen molar-refractivity contribution in [2.45, 2.75) is 37.6 Å². The Bertz CT molecular complexity index is 800. The minimum absolute atomic E-state index is 0.0960. The molecule has 2 fully saturated rings. The molecule has 114 valence electrons. The quantitative estimate of drug-likeness (QED) is 0.792. The normalized spacial score (nSPS) is 29.8. The molecule has 2 saturated carbocycles. The zero-order valence-corrected chi connectivity index (χ0v) is 12.0. The number of amides is 1. The van der Waals surface area contributed by atoms with Gasteiger partial charge in [-0.1, -0.05) is 18.2 Å². The van der Waals surface area contributed by atoms with E-state index < -0.39 is 6.09 Å². The zero-order valence-electron chi connectivity index (χ0n) is 12.0. The molecule has 0 atom stereocenters. The number of rotatable bonds is 2. The number of H-pyrrole nitrogens is 1. The van der Waals surface area contributed by atoms with E-state index in [2.05, 4.69) is 15.5 Å². The van der Waals surface area contributed by atoms with Gasteiger partial charge in [0, 0.05) is 17.3 Å². The van der Waals surface area contributed by atoms with Gasteiger partial charge in [-0.05, 0) is 37.2 Å². The molecule has 22 heavy (non-hydrogen) atoms. The van der Waals surface area contributed by atoms with Crippen LogP contribution >= 0.6 is 0 Å². The lowest BCUT2D eigenvalue weighted by Crippen LogP contribution is -2.55. The molecule has 1 aromatic heterocycles. The Hall–Kier alpha value is -2.37. The van der Waals surface area contributed by atoms with Crippen LogP contribution in [-0.4, -0.2) is 27.4 Å². The smallest absolute Gasteiger partial charge is 0.404 e. The van der Waals surface area contributed by atoms with Crippen LogP contribution in [0, 0.1) is 5.41 Å². The molecule has 1 amide bonds. The maximum absolute atomic E-state index is 11.8. The van der Waals surface area contributed by atoms with Crippen LogP contribution in [0.2, 0.25) is 0 Å². The number of hydrogen-bond donors (Lipinski definition) is 3. The fourth-order valence-electron chi connectivity index (χ4n) is 4.22. The summed E-state index contributed by atoms with van der Waals surface area (Å²) in [5.74, 6) is 0.354. The van der Waals surface area contributed by atoms with Gasteiger partial charge in [0.15, 0.2) is 0 Å². The maximum atomic E-state index is 11.8. The van der Waals surface area contributed by atoms with Crippen LogP contribution in [0.1, 0.15) is 37.3 Å². The van der Waals surface area contributed by atoms with Crippen LogP contribution in [0.5, 0.6) is 0 Å². The fourth-order valence-corrected chi connectivity index (χ4v) is 4.22. The van der Waals surface area contributed by atoms with Crippen LogP contribution in [0.4, 0.5) is 4.79 Å². The monoisotopic (exact) mass is 299 g/mol. The number of fused-ring (bicyclic) bond motifs is 1. The molecule has 2 aromatic rings. The molecule has 2 aliphatic carbocycles. The number of aromatic amines is 1. The lowest BCUT2D eigenvalue weighted by atomic mass is 9.49. The van der Waals surface area contributed by atoms with Crippen LogP contribution in [0.15, 0.2) is 29.1 Å². The molecule has 2 aliphatic rings. The van der Waals surface area contributed by atoms with Gasteiger partial charge in [-0.15, -0.1) is 0 Å². The van der Waals surface area contributed by atoms with Crippen LogP contribution in [-0.2, 0) is 0 Å². The molecule has 0 saturated heterocycles. The molecular formula is C16H17N3O3. The summed E-state index contributed by atoms with van der Waals surface area (Å²) in [5, 5.41) is 19.8. The SMILES string of the molecule is O=C(O)NC1CC2(C1)CC(c1n[nH]c(=O)c3ccccc13)C2. The molecule has 0 bridgehead atoms. The Morgan fingerprint density at radius 2 is 1.91 bits per heavy atom. The molecule has 6 heteroatoms. The topological polar surface area (TPSA) is 95.1 Å². The summed E-state index contributed by atoms with van der Waals surface area (Å²) in [6.45, 7) is 0. The molecule has 1 aromatic carbocycles. The Kier molecular flexibility index (Phi) is 2.76. The second-order valence-electron chi connectivity index (χ2n) is 6.64. The van der Waals surface area contributed by atoms with Gasteiger partial charge in [-0.3, -0.25) is 4.79 Å². The van der Waals surface area contributed by atoms with Crippen molar-refractivity contribution in [1.29, 1.82) is 0 Å². The first-order valence-corrected chi connectivity index (χ1v) is 7.53. The standard InChI is InChI=1S/C16H17N3O3/c20-14-12-4-2-1-3-11(12)13(18-19-14)9-5-16(6-9)7-10(8-16)17-15(21)22/h1-4,9-10,17H,5-8H2,(H,19,20)(H,21,22). The van der Waals surface area contributed by atoms with Crippen molar-refractivity contribution in [3.05, 3.63) is 40.3 Å². The van der Waals surface area contributed by atoms with Crippen molar-refractivity contribution in [2.24, 2.45) is 5.41 Å².